The number of aromatic nitrogens is 2. The lowest BCUT2D eigenvalue weighted by Crippen LogP contribution is -2.40. The van der Waals surface area contributed by atoms with Crippen LogP contribution >= 0.6 is 0 Å². The van der Waals surface area contributed by atoms with Gasteiger partial charge in [-0.25, -0.2) is 4.79 Å². The van der Waals surface area contributed by atoms with Crippen LogP contribution < -0.4 is 11.0 Å². The highest BCUT2D eigenvalue weighted by molar-refractivity contribution is 6.03. The van der Waals surface area contributed by atoms with E-state index in [2.05, 4.69) is 10.3 Å². The van der Waals surface area contributed by atoms with Crippen molar-refractivity contribution in [2.45, 2.75) is 18.9 Å². The SMILES string of the molecule is O=C(Nc1cccc(C(=O)N2CCC(n3c(=O)[nH]c4ccccc43)CC2)c1)c1ccco1. The number of piperidine rings is 1. The number of benzene rings is 2. The van der Waals surface area contributed by atoms with Crippen LogP contribution in [0, 0.1) is 0 Å². The number of carbonyl (C=O) groups is 2. The Hall–Kier alpha value is -4.07. The summed E-state index contributed by atoms with van der Waals surface area (Å²) in [6.45, 7) is 1.11. The van der Waals surface area contributed by atoms with Crippen LogP contribution in [0.2, 0.25) is 0 Å². The highest BCUT2D eigenvalue weighted by Gasteiger charge is 2.26. The minimum absolute atomic E-state index is 0.0432. The number of nitrogens with zero attached hydrogens (tertiary/aromatic N) is 2. The molecular weight excluding hydrogens is 408 g/mol. The van der Waals surface area contributed by atoms with Crippen molar-refractivity contribution < 1.29 is 14.0 Å². The largest absolute Gasteiger partial charge is 0.459 e. The van der Waals surface area contributed by atoms with Crippen molar-refractivity contribution in [3.63, 3.8) is 0 Å². The lowest BCUT2D eigenvalue weighted by atomic mass is 10.0. The number of hydrogen-bond acceptors (Lipinski definition) is 4. The van der Waals surface area contributed by atoms with Crippen molar-refractivity contribution in [1.29, 1.82) is 0 Å². The number of amides is 2. The van der Waals surface area contributed by atoms with E-state index in [-0.39, 0.29) is 29.3 Å². The van der Waals surface area contributed by atoms with Crippen LogP contribution in [0.25, 0.3) is 11.0 Å². The molecule has 8 nitrogen and oxygen atoms in total. The zero-order valence-electron chi connectivity index (χ0n) is 17.3. The van der Waals surface area contributed by atoms with E-state index < -0.39 is 0 Å². The van der Waals surface area contributed by atoms with E-state index in [1.807, 2.05) is 28.8 Å². The van der Waals surface area contributed by atoms with Crippen molar-refractivity contribution in [3.05, 3.63) is 88.7 Å². The van der Waals surface area contributed by atoms with Crippen molar-refractivity contribution in [1.82, 2.24) is 14.5 Å². The number of aromatic amines is 1. The van der Waals surface area contributed by atoms with E-state index >= 15 is 0 Å². The van der Waals surface area contributed by atoms with Crippen LogP contribution in [0.4, 0.5) is 5.69 Å². The summed E-state index contributed by atoms with van der Waals surface area (Å²) in [4.78, 5) is 42.4. The fourth-order valence-electron chi connectivity index (χ4n) is 4.28. The smallest absolute Gasteiger partial charge is 0.326 e. The average Bonchev–Trinajstić information content (AvgIpc) is 3.46. The third kappa shape index (κ3) is 3.71. The molecule has 0 saturated carbocycles. The molecule has 0 unspecified atom stereocenters. The molecule has 1 saturated heterocycles. The Kier molecular flexibility index (Phi) is 5.10. The third-order valence-corrected chi connectivity index (χ3v) is 5.85. The first-order valence-corrected chi connectivity index (χ1v) is 10.5. The predicted octanol–water partition coefficient (Wildman–Crippen LogP) is 3.65. The molecule has 32 heavy (non-hydrogen) atoms. The molecule has 3 heterocycles. The number of imidazole rings is 1. The summed E-state index contributed by atoms with van der Waals surface area (Å²) in [5.41, 5.74) is 2.63. The molecule has 162 valence electrons. The number of rotatable bonds is 4. The standard InChI is InChI=1S/C24H22N4O4/c29-22(21-9-4-14-32-21)25-17-6-3-5-16(15-17)23(30)27-12-10-18(11-13-27)28-20-8-2-1-7-19(20)26-24(28)31/h1-9,14-15,18H,10-13H2,(H,25,29)(H,26,31). The van der Waals surface area contributed by atoms with E-state index in [1.54, 1.807) is 41.3 Å². The maximum Gasteiger partial charge on any atom is 0.326 e. The number of carbonyl (C=O) groups excluding carboxylic acids is 2. The lowest BCUT2D eigenvalue weighted by Gasteiger charge is -2.32. The molecule has 2 N–H and O–H groups in total. The first-order chi connectivity index (χ1) is 15.6. The molecule has 8 heteroatoms. The van der Waals surface area contributed by atoms with Gasteiger partial charge in [0.2, 0.25) is 0 Å². The van der Waals surface area contributed by atoms with Crippen molar-refractivity contribution in [2.75, 3.05) is 18.4 Å². The van der Waals surface area contributed by atoms with Gasteiger partial charge in [0.15, 0.2) is 5.76 Å². The average molecular weight is 430 g/mol. The molecule has 1 fully saturated rings. The summed E-state index contributed by atoms with van der Waals surface area (Å²) in [5.74, 6) is -0.260. The lowest BCUT2D eigenvalue weighted by molar-refractivity contribution is 0.0694. The summed E-state index contributed by atoms with van der Waals surface area (Å²) in [6.07, 6.45) is 2.83. The Bertz CT molecular complexity index is 1330. The van der Waals surface area contributed by atoms with Gasteiger partial charge in [-0.1, -0.05) is 18.2 Å². The predicted molar refractivity (Wildman–Crippen MR) is 120 cm³/mol. The maximum absolute atomic E-state index is 13.1. The van der Waals surface area contributed by atoms with Crippen molar-refractivity contribution >= 4 is 28.5 Å². The van der Waals surface area contributed by atoms with Gasteiger partial charge in [-0.15, -0.1) is 0 Å². The van der Waals surface area contributed by atoms with Gasteiger partial charge < -0.3 is 19.6 Å². The molecule has 0 spiro atoms. The number of anilines is 1. The highest BCUT2D eigenvalue weighted by atomic mass is 16.3. The van der Waals surface area contributed by atoms with E-state index in [9.17, 15) is 14.4 Å². The second-order valence-electron chi connectivity index (χ2n) is 7.85. The Labute approximate surface area is 183 Å². The van der Waals surface area contributed by atoms with E-state index in [0.29, 0.717) is 37.2 Å². The second-order valence-corrected chi connectivity index (χ2v) is 7.85. The summed E-state index contributed by atoms with van der Waals surface area (Å²) in [7, 11) is 0. The summed E-state index contributed by atoms with van der Waals surface area (Å²) in [6, 6.07) is 17.8. The van der Waals surface area contributed by atoms with E-state index in [4.69, 9.17) is 4.42 Å². The molecular formula is C24H22N4O4. The normalized spacial score (nSPS) is 14.6. The van der Waals surface area contributed by atoms with Crippen LogP contribution in [-0.4, -0.2) is 39.4 Å². The van der Waals surface area contributed by atoms with Crippen molar-refractivity contribution in [2.24, 2.45) is 0 Å². The first kappa shape index (κ1) is 19.9. The zero-order chi connectivity index (χ0) is 22.1. The molecule has 0 atom stereocenters. The van der Waals surface area contributed by atoms with Gasteiger partial charge in [-0.2, -0.15) is 0 Å². The minimum Gasteiger partial charge on any atom is -0.459 e. The van der Waals surface area contributed by atoms with Gasteiger partial charge in [0.1, 0.15) is 0 Å². The summed E-state index contributed by atoms with van der Waals surface area (Å²) < 4.78 is 6.91. The number of furan rings is 1. The Balaban J connectivity index is 1.27. The number of fused-ring (bicyclic) bond motifs is 1. The van der Waals surface area contributed by atoms with Crippen LogP contribution in [0.3, 0.4) is 0 Å². The second kappa shape index (κ2) is 8.22. The van der Waals surface area contributed by atoms with Gasteiger partial charge in [0.25, 0.3) is 11.8 Å². The third-order valence-electron chi connectivity index (χ3n) is 5.85. The fraction of sp³-hybridized carbons (Fsp3) is 0.208. The van der Waals surface area contributed by atoms with Crippen LogP contribution in [0.5, 0.6) is 0 Å². The molecule has 0 bridgehead atoms. The van der Waals surface area contributed by atoms with Gasteiger partial charge in [0, 0.05) is 30.4 Å². The van der Waals surface area contributed by atoms with Crippen LogP contribution in [0.1, 0.15) is 39.8 Å². The highest BCUT2D eigenvalue weighted by Crippen LogP contribution is 2.26. The van der Waals surface area contributed by atoms with E-state index in [1.165, 1.54) is 6.26 Å². The quantitative estimate of drug-likeness (QED) is 0.516. The number of hydrogen-bond donors (Lipinski definition) is 2. The number of nitrogens with one attached hydrogen (secondary N) is 2. The summed E-state index contributed by atoms with van der Waals surface area (Å²) in [5, 5.41) is 2.75. The maximum atomic E-state index is 13.1. The fourth-order valence-corrected chi connectivity index (χ4v) is 4.28. The van der Waals surface area contributed by atoms with Gasteiger partial charge in [0.05, 0.1) is 17.3 Å². The van der Waals surface area contributed by atoms with Gasteiger partial charge in [-0.3, -0.25) is 14.2 Å². The minimum atomic E-state index is -0.371. The molecule has 4 aromatic rings. The number of likely N-dealkylation sites (tertiary alicyclic amines) is 1. The van der Waals surface area contributed by atoms with Crippen molar-refractivity contribution in [3.8, 4) is 0 Å². The van der Waals surface area contributed by atoms with E-state index in [0.717, 1.165) is 11.0 Å². The van der Waals surface area contributed by atoms with Crippen LogP contribution in [0.15, 0.2) is 76.1 Å². The molecule has 1 aliphatic heterocycles. The Morgan fingerprint density at radius 2 is 1.81 bits per heavy atom. The first-order valence-electron chi connectivity index (χ1n) is 10.5. The number of para-hydroxylation sites is 2. The molecule has 2 aromatic heterocycles. The van der Waals surface area contributed by atoms with Crippen LogP contribution in [-0.2, 0) is 0 Å². The van der Waals surface area contributed by atoms with Gasteiger partial charge >= 0.3 is 5.69 Å². The number of H-pyrrole nitrogens is 1. The molecule has 5 rings (SSSR count). The monoisotopic (exact) mass is 430 g/mol. The Morgan fingerprint density at radius 3 is 2.59 bits per heavy atom. The molecule has 0 radical (unpaired) electrons. The topological polar surface area (TPSA) is 100 Å². The molecule has 0 aliphatic carbocycles. The Morgan fingerprint density at radius 1 is 1.00 bits per heavy atom. The molecule has 2 amide bonds. The molecule has 2 aromatic carbocycles. The van der Waals surface area contributed by atoms with Gasteiger partial charge in [-0.05, 0) is 55.3 Å². The zero-order valence-corrected chi connectivity index (χ0v) is 17.3. The summed E-state index contributed by atoms with van der Waals surface area (Å²) >= 11 is 0. The molecule has 1 aliphatic rings.